The number of para-hydroxylation sites is 1. The third-order valence-corrected chi connectivity index (χ3v) is 6.19. The zero-order chi connectivity index (χ0) is 19.2. The Hall–Kier alpha value is -1.34. The molecule has 3 heterocycles. The predicted molar refractivity (Wildman–Crippen MR) is 108 cm³/mol. The molecule has 0 amide bonds. The molecule has 6 heteroatoms. The number of hydrogen-bond acceptors (Lipinski definition) is 6. The van der Waals surface area contributed by atoms with Crippen LogP contribution in [0.4, 0.5) is 0 Å². The molecule has 1 aromatic carbocycles. The van der Waals surface area contributed by atoms with Crippen LogP contribution in [0.2, 0.25) is 0 Å². The Kier molecular flexibility index (Phi) is 7.07. The second kappa shape index (κ2) is 9.92. The van der Waals surface area contributed by atoms with Gasteiger partial charge in [0.15, 0.2) is 11.5 Å². The zero-order valence-corrected chi connectivity index (χ0v) is 17.1. The molecule has 0 saturated carbocycles. The van der Waals surface area contributed by atoms with Gasteiger partial charge in [-0.15, -0.1) is 0 Å². The van der Waals surface area contributed by atoms with Gasteiger partial charge < -0.3 is 23.8 Å². The molecule has 3 aliphatic heterocycles. The van der Waals surface area contributed by atoms with Crippen LogP contribution in [0.5, 0.6) is 11.5 Å². The number of piperidine rings is 1. The molecule has 1 aromatic rings. The standard InChI is InChI=1S/C22H34N2O4/c1-25-13-11-23-9-7-18(8-10-23)14-24(16-20-5-3-12-26-20)15-19-4-2-6-21-22(19)28-17-27-21/h2,4,6,18,20H,3,5,7-17H2,1H3/t20-/m0/s1. The number of hydrogen-bond donors (Lipinski definition) is 0. The van der Waals surface area contributed by atoms with Gasteiger partial charge >= 0.3 is 0 Å². The fourth-order valence-corrected chi connectivity index (χ4v) is 4.61. The normalized spacial score (nSPS) is 23.0. The van der Waals surface area contributed by atoms with Gasteiger partial charge in [-0.3, -0.25) is 4.90 Å². The number of fused-ring (bicyclic) bond motifs is 1. The van der Waals surface area contributed by atoms with Crippen LogP contribution in [0.15, 0.2) is 18.2 Å². The molecule has 0 spiro atoms. The average Bonchev–Trinajstić information content (AvgIpc) is 3.39. The summed E-state index contributed by atoms with van der Waals surface area (Å²) in [6.07, 6.45) is 5.26. The van der Waals surface area contributed by atoms with Crippen LogP contribution < -0.4 is 9.47 Å². The lowest BCUT2D eigenvalue weighted by Gasteiger charge is -2.35. The van der Waals surface area contributed by atoms with E-state index >= 15 is 0 Å². The Labute approximate surface area is 168 Å². The van der Waals surface area contributed by atoms with E-state index < -0.39 is 0 Å². The second-order valence-electron chi connectivity index (χ2n) is 8.26. The van der Waals surface area contributed by atoms with E-state index in [-0.39, 0.29) is 0 Å². The minimum atomic E-state index is 0.331. The summed E-state index contributed by atoms with van der Waals surface area (Å²) in [5, 5.41) is 0. The van der Waals surface area contributed by atoms with Crippen molar-refractivity contribution in [3.05, 3.63) is 23.8 Å². The van der Waals surface area contributed by atoms with Crippen molar-refractivity contribution >= 4 is 0 Å². The number of methoxy groups -OCH3 is 1. The highest BCUT2D eigenvalue weighted by molar-refractivity contribution is 5.48. The first kappa shape index (κ1) is 20.0. The Morgan fingerprint density at radius 1 is 1.14 bits per heavy atom. The maximum Gasteiger partial charge on any atom is 0.231 e. The first-order valence-electron chi connectivity index (χ1n) is 10.7. The molecule has 4 rings (SSSR count). The fraction of sp³-hybridized carbons (Fsp3) is 0.727. The molecule has 0 N–H and O–H groups in total. The van der Waals surface area contributed by atoms with Crippen LogP contribution in [0.25, 0.3) is 0 Å². The minimum Gasteiger partial charge on any atom is -0.454 e. The summed E-state index contributed by atoms with van der Waals surface area (Å²) < 4.78 is 22.5. The molecule has 0 aliphatic carbocycles. The lowest BCUT2D eigenvalue weighted by atomic mass is 9.95. The van der Waals surface area contributed by atoms with Crippen molar-refractivity contribution in [2.45, 2.75) is 38.3 Å². The molecule has 0 unspecified atom stereocenters. The van der Waals surface area contributed by atoms with Gasteiger partial charge in [0.05, 0.1) is 12.7 Å². The zero-order valence-electron chi connectivity index (χ0n) is 17.1. The van der Waals surface area contributed by atoms with E-state index in [4.69, 9.17) is 18.9 Å². The lowest BCUT2D eigenvalue weighted by Crippen LogP contribution is -2.41. The number of nitrogens with zero attached hydrogens (tertiary/aromatic N) is 2. The molecule has 6 nitrogen and oxygen atoms in total. The number of ether oxygens (including phenoxy) is 4. The van der Waals surface area contributed by atoms with E-state index in [0.29, 0.717) is 12.9 Å². The van der Waals surface area contributed by atoms with Crippen molar-refractivity contribution in [1.82, 2.24) is 9.80 Å². The third kappa shape index (κ3) is 5.17. The summed E-state index contributed by atoms with van der Waals surface area (Å²) in [6, 6.07) is 6.23. The van der Waals surface area contributed by atoms with Gasteiger partial charge in [0.2, 0.25) is 6.79 Å². The van der Waals surface area contributed by atoms with Crippen LogP contribution in [-0.4, -0.2) is 75.7 Å². The minimum absolute atomic E-state index is 0.331. The van der Waals surface area contributed by atoms with Crippen molar-refractivity contribution in [2.75, 3.05) is 59.8 Å². The van der Waals surface area contributed by atoms with Gasteiger partial charge in [-0.2, -0.15) is 0 Å². The molecule has 156 valence electrons. The monoisotopic (exact) mass is 390 g/mol. The molecule has 3 aliphatic rings. The highest BCUT2D eigenvalue weighted by Gasteiger charge is 2.26. The van der Waals surface area contributed by atoms with Gasteiger partial charge in [-0.05, 0) is 50.8 Å². The van der Waals surface area contributed by atoms with Gasteiger partial charge in [0.1, 0.15) is 0 Å². The highest BCUT2D eigenvalue weighted by atomic mass is 16.7. The van der Waals surface area contributed by atoms with Crippen molar-refractivity contribution in [3.8, 4) is 11.5 Å². The summed E-state index contributed by atoms with van der Waals surface area (Å²) in [4.78, 5) is 5.11. The van der Waals surface area contributed by atoms with Gasteiger partial charge in [-0.1, -0.05) is 12.1 Å². The van der Waals surface area contributed by atoms with Crippen LogP contribution in [0.1, 0.15) is 31.2 Å². The molecular weight excluding hydrogens is 356 g/mol. The van der Waals surface area contributed by atoms with E-state index in [1.54, 1.807) is 7.11 Å². The first-order chi connectivity index (χ1) is 13.8. The topological polar surface area (TPSA) is 43.4 Å². The quantitative estimate of drug-likeness (QED) is 0.646. The Bertz CT molecular complexity index is 613. The van der Waals surface area contributed by atoms with Gasteiger partial charge in [-0.25, -0.2) is 0 Å². The Morgan fingerprint density at radius 3 is 2.82 bits per heavy atom. The first-order valence-corrected chi connectivity index (χ1v) is 10.7. The van der Waals surface area contributed by atoms with Crippen LogP contribution in [0.3, 0.4) is 0 Å². The lowest BCUT2D eigenvalue weighted by molar-refractivity contribution is 0.0548. The summed E-state index contributed by atoms with van der Waals surface area (Å²) in [7, 11) is 1.78. The summed E-state index contributed by atoms with van der Waals surface area (Å²) in [5.41, 5.74) is 1.23. The van der Waals surface area contributed by atoms with Crippen molar-refractivity contribution in [2.24, 2.45) is 5.92 Å². The summed E-state index contributed by atoms with van der Waals surface area (Å²) in [5.74, 6) is 2.55. The SMILES string of the molecule is COCCN1CCC(CN(Cc2cccc3c2OCO3)C[C@@H]2CCCO2)CC1. The molecular formula is C22H34N2O4. The van der Waals surface area contributed by atoms with Crippen LogP contribution >= 0.6 is 0 Å². The maximum absolute atomic E-state index is 5.94. The van der Waals surface area contributed by atoms with E-state index in [2.05, 4.69) is 21.9 Å². The maximum atomic E-state index is 5.94. The molecule has 1 atom stereocenters. The van der Waals surface area contributed by atoms with Crippen molar-refractivity contribution in [1.29, 1.82) is 0 Å². The average molecular weight is 391 g/mol. The third-order valence-electron chi connectivity index (χ3n) is 6.19. The molecule has 0 bridgehead atoms. The molecule has 0 radical (unpaired) electrons. The molecule has 0 aromatic heterocycles. The summed E-state index contributed by atoms with van der Waals surface area (Å²) in [6.45, 7) is 8.52. The Morgan fingerprint density at radius 2 is 2.04 bits per heavy atom. The van der Waals surface area contributed by atoms with Gasteiger partial charge in [0.25, 0.3) is 0 Å². The number of rotatable bonds is 9. The summed E-state index contributed by atoms with van der Waals surface area (Å²) >= 11 is 0. The van der Waals surface area contributed by atoms with Crippen molar-refractivity contribution < 1.29 is 18.9 Å². The Balaban J connectivity index is 1.36. The van der Waals surface area contributed by atoms with E-state index in [9.17, 15) is 0 Å². The smallest absolute Gasteiger partial charge is 0.231 e. The molecule has 2 fully saturated rings. The van der Waals surface area contributed by atoms with E-state index in [1.807, 2.05) is 6.07 Å². The van der Waals surface area contributed by atoms with Gasteiger partial charge in [0, 0.05) is 45.5 Å². The molecule has 2 saturated heterocycles. The van der Waals surface area contributed by atoms with Crippen LogP contribution in [0, 0.1) is 5.92 Å². The van der Waals surface area contributed by atoms with E-state index in [1.165, 1.54) is 44.3 Å². The molecule has 28 heavy (non-hydrogen) atoms. The second-order valence-corrected chi connectivity index (χ2v) is 8.26. The number of likely N-dealkylation sites (tertiary alicyclic amines) is 1. The van der Waals surface area contributed by atoms with Crippen molar-refractivity contribution in [3.63, 3.8) is 0 Å². The largest absolute Gasteiger partial charge is 0.454 e. The number of benzene rings is 1. The van der Waals surface area contributed by atoms with E-state index in [0.717, 1.165) is 56.8 Å². The predicted octanol–water partition coefficient (Wildman–Crippen LogP) is 2.75. The van der Waals surface area contributed by atoms with Crippen LogP contribution in [-0.2, 0) is 16.0 Å². The fourth-order valence-electron chi connectivity index (χ4n) is 4.61. The highest BCUT2D eigenvalue weighted by Crippen LogP contribution is 2.36.